The van der Waals surface area contributed by atoms with Gasteiger partial charge in [-0.15, -0.1) is 19.7 Å². The van der Waals surface area contributed by atoms with Crippen LogP contribution in [0.5, 0.6) is 0 Å². The van der Waals surface area contributed by atoms with Gasteiger partial charge in [-0.2, -0.15) is 0 Å². The number of fused-ring (bicyclic) bond motifs is 2. The second-order valence-electron chi connectivity index (χ2n) is 7.36. The molecule has 0 amide bonds. The maximum Gasteiger partial charge on any atom is 0.138 e. The third-order valence-corrected chi connectivity index (χ3v) is 5.19. The molecule has 0 unspecified atom stereocenters. The SMILES string of the molecule is C=CCc1oc2cc3oc(CC(=C)CCCC)c(CC=C)c3cc2c1CC=C. The Kier molecular flexibility index (Phi) is 6.41. The first kappa shape index (κ1) is 20.0. The van der Waals surface area contributed by atoms with Gasteiger partial charge in [0.2, 0.25) is 0 Å². The van der Waals surface area contributed by atoms with Gasteiger partial charge >= 0.3 is 0 Å². The standard InChI is InChI=1S/C26H30O2/c1-6-10-14-18(5)15-24-20(12-8-3)22-16-21-19(11-7-2)23(13-9-4)27-25(21)17-26(22)28-24/h7-9,16-17H,2-6,10-15H2,1H3. The molecule has 2 heterocycles. The Morgan fingerprint density at radius 1 is 0.857 bits per heavy atom. The lowest BCUT2D eigenvalue weighted by Crippen LogP contribution is -1.92. The number of hydrogen-bond donors (Lipinski definition) is 0. The molecule has 28 heavy (non-hydrogen) atoms. The molecule has 0 fully saturated rings. The molecule has 0 saturated carbocycles. The van der Waals surface area contributed by atoms with Crippen molar-refractivity contribution in [2.45, 2.75) is 51.9 Å². The molecule has 0 atom stereocenters. The Balaban J connectivity index is 2.12. The van der Waals surface area contributed by atoms with Crippen LogP contribution in [-0.4, -0.2) is 0 Å². The zero-order valence-corrected chi connectivity index (χ0v) is 17.0. The van der Waals surface area contributed by atoms with Crippen LogP contribution >= 0.6 is 0 Å². The predicted octanol–water partition coefficient (Wildman–Crippen LogP) is 7.65. The fourth-order valence-electron chi connectivity index (χ4n) is 3.81. The molecule has 1 aromatic carbocycles. The van der Waals surface area contributed by atoms with E-state index in [0.29, 0.717) is 6.42 Å². The molecule has 3 aromatic rings. The molecule has 0 saturated heterocycles. The predicted molar refractivity (Wildman–Crippen MR) is 120 cm³/mol. The highest BCUT2D eigenvalue weighted by Crippen LogP contribution is 2.36. The molecule has 0 N–H and O–H groups in total. The van der Waals surface area contributed by atoms with E-state index in [4.69, 9.17) is 8.83 Å². The zero-order chi connectivity index (χ0) is 20.1. The van der Waals surface area contributed by atoms with Crippen molar-refractivity contribution in [1.29, 1.82) is 0 Å². The van der Waals surface area contributed by atoms with E-state index in [1.54, 1.807) is 0 Å². The van der Waals surface area contributed by atoms with Crippen molar-refractivity contribution in [3.8, 4) is 0 Å². The first-order chi connectivity index (χ1) is 13.6. The first-order valence-corrected chi connectivity index (χ1v) is 10.1. The van der Waals surface area contributed by atoms with Crippen molar-refractivity contribution < 1.29 is 8.83 Å². The summed E-state index contributed by atoms with van der Waals surface area (Å²) in [6.45, 7) is 18.1. The molecule has 146 valence electrons. The summed E-state index contributed by atoms with van der Waals surface area (Å²) in [6.07, 6.45) is 12.2. The minimum Gasteiger partial charge on any atom is -0.460 e. The van der Waals surface area contributed by atoms with Crippen molar-refractivity contribution in [3.63, 3.8) is 0 Å². The monoisotopic (exact) mass is 374 g/mol. The molecule has 2 heteroatoms. The highest BCUT2D eigenvalue weighted by atomic mass is 16.3. The molecule has 0 aliphatic carbocycles. The molecular weight excluding hydrogens is 344 g/mol. The molecular formula is C26H30O2. The molecule has 0 aliphatic rings. The summed E-state index contributed by atoms with van der Waals surface area (Å²) in [5.41, 5.74) is 5.34. The van der Waals surface area contributed by atoms with Gasteiger partial charge in [0.25, 0.3) is 0 Å². The molecule has 0 aliphatic heterocycles. The van der Waals surface area contributed by atoms with Crippen LogP contribution in [-0.2, 0) is 25.7 Å². The second-order valence-corrected chi connectivity index (χ2v) is 7.36. The zero-order valence-electron chi connectivity index (χ0n) is 17.0. The van der Waals surface area contributed by atoms with Gasteiger partial charge in [0.05, 0.1) is 0 Å². The van der Waals surface area contributed by atoms with Gasteiger partial charge in [0.1, 0.15) is 22.7 Å². The molecule has 0 spiro atoms. The largest absolute Gasteiger partial charge is 0.460 e. The van der Waals surface area contributed by atoms with Gasteiger partial charge in [0, 0.05) is 40.8 Å². The maximum atomic E-state index is 6.27. The third-order valence-electron chi connectivity index (χ3n) is 5.19. The number of allylic oxidation sites excluding steroid dienone is 4. The number of hydrogen-bond acceptors (Lipinski definition) is 2. The Morgan fingerprint density at radius 3 is 2.00 bits per heavy atom. The summed E-state index contributed by atoms with van der Waals surface area (Å²) in [5, 5.41) is 2.27. The summed E-state index contributed by atoms with van der Waals surface area (Å²) >= 11 is 0. The van der Waals surface area contributed by atoms with Crippen LogP contribution in [0.1, 0.15) is 48.8 Å². The van der Waals surface area contributed by atoms with Gasteiger partial charge in [-0.3, -0.25) is 0 Å². The minimum atomic E-state index is 0.710. The van der Waals surface area contributed by atoms with Gasteiger partial charge in [-0.05, 0) is 31.7 Å². The highest BCUT2D eigenvalue weighted by Gasteiger charge is 2.19. The van der Waals surface area contributed by atoms with Crippen molar-refractivity contribution in [3.05, 3.63) is 84.9 Å². The lowest BCUT2D eigenvalue weighted by Gasteiger charge is -2.04. The average Bonchev–Trinajstić information content (AvgIpc) is 3.17. The maximum absolute atomic E-state index is 6.27. The quantitative estimate of drug-likeness (QED) is 0.322. The van der Waals surface area contributed by atoms with Crippen LogP contribution in [0.15, 0.2) is 71.1 Å². The summed E-state index contributed by atoms with van der Waals surface area (Å²) in [6, 6.07) is 4.23. The van der Waals surface area contributed by atoms with E-state index in [1.807, 2.05) is 24.3 Å². The van der Waals surface area contributed by atoms with Crippen LogP contribution < -0.4 is 0 Å². The average molecular weight is 375 g/mol. The van der Waals surface area contributed by atoms with Gasteiger partial charge in [0.15, 0.2) is 0 Å². The number of unbranched alkanes of at least 4 members (excludes halogenated alkanes) is 1. The Hall–Kier alpha value is -2.74. The van der Waals surface area contributed by atoms with Crippen LogP contribution in [0, 0.1) is 0 Å². The van der Waals surface area contributed by atoms with Crippen LogP contribution in [0.2, 0.25) is 0 Å². The van der Waals surface area contributed by atoms with Crippen LogP contribution in [0.25, 0.3) is 21.9 Å². The smallest absolute Gasteiger partial charge is 0.138 e. The summed E-state index contributed by atoms with van der Waals surface area (Å²) in [4.78, 5) is 0. The Morgan fingerprint density at radius 2 is 1.43 bits per heavy atom. The molecule has 0 radical (unpaired) electrons. The van der Waals surface area contributed by atoms with Crippen molar-refractivity contribution in [1.82, 2.24) is 0 Å². The van der Waals surface area contributed by atoms with Crippen LogP contribution in [0.3, 0.4) is 0 Å². The summed E-state index contributed by atoms with van der Waals surface area (Å²) in [5.74, 6) is 1.95. The topological polar surface area (TPSA) is 26.3 Å². The Bertz CT molecular complexity index is 1030. The van der Waals surface area contributed by atoms with Gasteiger partial charge in [-0.25, -0.2) is 0 Å². The van der Waals surface area contributed by atoms with E-state index in [-0.39, 0.29) is 0 Å². The van der Waals surface area contributed by atoms with Gasteiger partial charge < -0.3 is 8.83 Å². The van der Waals surface area contributed by atoms with E-state index in [2.05, 4.69) is 39.3 Å². The fraction of sp³-hybridized carbons (Fsp3) is 0.308. The van der Waals surface area contributed by atoms with Crippen molar-refractivity contribution in [2.24, 2.45) is 0 Å². The summed E-state index contributed by atoms with van der Waals surface area (Å²) < 4.78 is 12.4. The minimum absolute atomic E-state index is 0.710. The Labute approximate surface area is 167 Å². The van der Waals surface area contributed by atoms with E-state index < -0.39 is 0 Å². The summed E-state index contributed by atoms with van der Waals surface area (Å²) in [7, 11) is 0. The fourth-order valence-corrected chi connectivity index (χ4v) is 3.81. The van der Waals surface area contributed by atoms with Crippen molar-refractivity contribution >= 4 is 21.9 Å². The van der Waals surface area contributed by atoms with E-state index in [1.165, 1.54) is 29.5 Å². The lowest BCUT2D eigenvalue weighted by molar-refractivity contribution is 0.546. The second kappa shape index (κ2) is 8.97. The highest BCUT2D eigenvalue weighted by molar-refractivity contribution is 5.97. The van der Waals surface area contributed by atoms with E-state index >= 15 is 0 Å². The number of benzene rings is 1. The van der Waals surface area contributed by atoms with Crippen LogP contribution in [0.4, 0.5) is 0 Å². The third kappa shape index (κ3) is 3.91. The number of rotatable bonds is 11. The van der Waals surface area contributed by atoms with Crippen molar-refractivity contribution in [2.75, 3.05) is 0 Å². The lowest BCUT2D eigenvalue weighted by atomic mass is 9.99. The van der Waals surface area contributed by atoms with E-state index in [9.17, 15) is 0 Å². The molecule has 2 aromatic heterocycles. The van der Waals surface area contributed by atoms with Gasteiger partial charge in [-0.1, -0.05) is 43.7 Å². The molecule has 3 rings (SSSR count). The molecule has 2 nitrogen and oxygen atoms in total. The molecule has 0 bridgehead atoms. The van der Waals surface area contributed by atoms with E-state index in [0.717, 1.165) is 59.1 Å². The first-order valence-electron chi connectivity index (χ1n) is 10.1. The normalized spacial score (nSPS) is 11.2. The number of furan rings is 2.